The molecule has 2 bridgehead atoms. The molecular formula is C23H29N5O3. The summed E-state index contributed by atoms with van der Waals surface area (Å²) < 4.78 is 6.93. The van der Waals surface area contributed by atoms with Gasteiger partial charge in [-0.2, -0.15) is 0 Å². The summed E-state index contributed by atoms with van der Waals surface area (Å²) in [5.41, 5.74) is 2.07. The first-order chi connectivity index (χ1) is 15.1. The maximum atomic E-state index is 13.4. The van der Waals surface area contributed by atoms with Gasteiger partial charge in [-0.3, -0.25) is 19.5 Å². The van der Waals surface area contributed by atoms with Crippen LogP contribution in [-0.2, 0) is 22.6 Å². The van der Waals surface area contributed by atoms with Gasteiger partial charge in [0.25, 0.3) is 5.56 Å². The highest BCUT2D eigenvalue weighted by molar-refractivity contribution is 5.72. The highest BCUT2D eigenvalue weighted by Crippen LogP contribution is 2.36. The van der Waals surface area contributed by atoms with Crippen molar-refractivity contribution in [2.24, 2.45) is 11.8 Å². The van der Waals surface area contributed by atoms with Crippen LogP contribution in [0.1, 0.15) is 36.4 Å². The number of fused-ring (bicyclic) bond motifs is 4. The van der Waals surface area contributed by atoms with Crippen molar-refractivity contribution in [1.82, 2.24) is 19.4 Å². The number of ether oxygens (including phenoxy) is 1. The van der Waals surface area contributed by atoms with E-state index < -0.39 is 0 Å². The molecule has 8 nitrogen and oxygen atoms in total. The van der Waals surface area contributed by atoms with Crippen molar-refractivity contribution in [2.75, 3.05) is 38.2 Å². The van der Waals surface area contributed by atoms with E-state index in [1.807, 2.05) is 16.8 Å². The van der Waals surface area contributed by atoms with Gasteiger partial charge in [0.05, 0.1) is 19.2 Å². The molecule has 0 saturated carbocycles. The van der Waals surface area contributed by atoms with Crippen LogP contribution in [0.4, 0.5) is 5.82 Å². The van der Waals surface area contributed by atoms with Crippen molar-refractivity contribution in [2.45, 2.75) is 38.3 Å². The molecule has 3 aliphatic rings. The molecule has 2 aromatic heterocycles. The smallest absolute Gasteiger partial charge is 0.309 e. The first-order valence-electron chi connectivity index (χ1n) is 11.2. The van der Waals surface area contributed by atoms with Crippen molar-refractivity contribution in [3.63, 3.8) is 0 Å². The van der Waals surface area contributed by atoms with E-state index in [2.05, 4.69) is 25.8 Å². The predicted molar refractivity (Wildman–Crippen MR) is 116 cm³/mol. The van der Waals surface area contributed by atoms with E-state index in [9.17, 15) is 9.59 Å². The lowest BCUT2D eigenvalue weighted by atomic mass is 9.83. The summed E-state index contributed by atoms with van der Waals surface area (Å²) in [6.45, 7) is 4.67. The number of rotatable bonds is 4. The average Bonchev–Trinajstić information content (AvgIpc) is 2.81. The number of aromatic nitrogens is 3. The van der Waals surface area contributed by atoms with Gasteiger partial charge in [0, 0.05) is 62.3 Å². The number of anilines is 1. The number of likely N-dealkylation sites (tertiary alicyclic amines) is 1. The zero-order chi connectivity index (χ0) is 21.4. The van der Waals surface area contributed by atoms with Crippen molar-refractivity contribution in [3.8, 4) is 0 Å². The minimum atomic E-state index is -0.146. The van der Waals surface area contributed by atoms with Gasteiger partial charge in [0.2, 0.25) is 0 Å². The van der Waals surface area contributed by atoms with Gasteiger partial charge in [-0.05, 0) is 37.8 Å². The summed E-state index contributed by atoms with van der Waals surface area (Å²) in [6, 6.07) is 4.14. The maximum Gasteiger partial charge on any atom is 0.309 e. The summed E-state index contributed by atoms with van der Waals surface area (Å²) in [7, 11) is 1.44. The first kappa shape index (κ1) is 20.2. The Morgan fingerprint density at radius 2 is 2.10 bits per heavy atom. The number of nitrogens with zero attached hydrogens (tertiary/aromatic N) is 5. The number of esters is 1. The monoisotopic (exact) mass is 423 g/mol. The van der Waals surface area contributed by atoms with Crippen LogP contribution in [0.25, 0.3) is 0 Å². The SMILES string of the molecule is COC(=O)[C@H]1CCCN(Cc2ccc3n(c2=O)C[C@H]2C[C@@H]3CN(c3cnccn3)C2)C1. The van der Waals surface area contributed by atoms with E-state index in [1.165, 1.54) is 7.11 Å². The van der Waals surface area contributed by atoms with E-state index in [4.69, 9.17) is 4.74 Å². The Labute approximate surface area is 181 Å². The fraction of sp³-hybridized carbons (Fsp3) is 0.565. The largest absolute Gasteiger partial charge is 0.469 e. The van der Waals surface area contributed by atoms with E-state index in [0.29, 0.717) is 24.9 Å². The number of carbonyl (C=O) groups excluding carboxylic acids is 1. The van der Waals surface area contributed by atoms with Gasteiger partial charge < -0.3 is 14.2 Å². The minimum absolute atomic E-state index is 0.0921. The van der Waals surface area contributed by atoms with Gasteiger partial charge in [-0.1, -0.05) is 6.07 Å². The third-order valence-electron chi connectivity index (χ3n) is 6.99. The third kappa shape index (κ3) is 3.96. The van der Waals surface area contributed by atoms with E-state index >= 15 is 0 Å². The van der Waals surface area contributed by atoms with E-state index in [1.54, 1.807) is 12.4 Å². The van der Waals surface area contributed by atoms with E-state index in [0.717, 1.165) is 62.5 Å². The van der Waals surface area contributed by atoms with Crippen LogP contribution in [0.3, 0.4) is 0 Å². The fourth-order valence-electron chi connectivity index (χ4n) is 5.55. The third-order valence-corrected chi connectivity index (χ3v) is 6.99. The predicted octanol–water partition coefficient (Wildman–Crippen LogP) is 1.65. The molecule has 5 heterocycles. The molecule has 2 fully saturated rings. The first-order valence-corrected chi connectivity index (χ1v) is 11.2. The zero-order valence-corrected chi connectivity index (χ0v) is 17.9. The quantitative estimate of drug-likeness (QED) is 0.692. The van der Waals surface area contributed by atoms with Gasteiger partial charge in [0.15, 0.2) is 0 Å². The molecule has 0 amide bonds. The Bertz CT molecular complexity index is 1010. The van der Waals surface area contributed by atoms with Crippen molar-refractivity contribution >= 4 is 11.8 Å². The number of pyridine rings is 1. The standard InChI is InChI=1S/C23H29N5O3/c1-31-23(30)18-3-2-8-26(14-18)13-17-4-5-20-19-9-16(12-28(20)22(17)29)11-27(15-19)21-10-24-6-7-25-21/h4-7,10,16,18-19H,2-3,8-9,11-15H2,1H3/t16-,18-,19+/m0/s1. The molecule has 2 aromatic rings. The molecule has 8 heteroatoms. The summed E-state index contributed by atoms with van der Waals surface area (Å²) >= 11 is 0. The molecule has 0 aliphatic carbocycles. The molecule has 0 radical (unpaired) electrons. The summed E-state index contributed by atoms with van der Waals surface area (Å²) in [5.74, 6) is 1.43. The lowest BCUT2D eigenvalue weighted by Crippen LogP contribution is -2.48. The Hall–Kier alpha value is -2.74. The number of hydrogen-bond donors (Lipinski definition) is 0. The number of carbonyl (C=O) groups is 1. The fourth-order valence-corrected chi connectivity index (χ4v) is 5.55. The van der Waals surface area contributed by atoms with Crippen molar-refractivity contribution < 1.29 is 9.53 Å². The van der Waals surface area contributed by atoms with Crippen LogP contribution in [0, 0.1) is 11.8 Å². The molecule has 2 saturated heterocycles. The minimum Gasteiger partial charge on any atom is -0.469 e. The molecule has 0 spiro atoms. The van der Waals surface area contributed by atoms with Gasteiger partial charge in [-0.25, -0.2) is 4.98 Å². The van der Waals surface area contributed by atoms with Crippen LogP contribution in [0.15, 0.2) is 35.5 Å². The summed E-state index contributed by atoms with van der Waals surface area (Å²) in [4.78, 5) is 38.5. The second-order valence-corrected chi connectivity index (χ2v) is 9.06. The Morgan fingerprint density at radius 3 is 2.90 bits per heavy atom. The van der Waals surface area contributed by atoms with Crippen molar-refractivity contribution in [3.05, 3.63) is 52.3 Å². The van der Waals surface area contributed by atoms with Crippen LogP contribution < -0.4 is 10.5 Å². The topological polar surface area (TPSA) is 80.6 Å². The Balaban J connectivity index is 1.34. The molecular weight excluding hydrogens is 394 g/mol. The molecule has 0 unspecified atom stereocenters. The lowest BCUT2D eigenvalue weighted by Gasteiger charge is -2.43. The van der Waals surface area contributed by atoms with E-state index in [-0.39, 0.29) is 17.4 Å². The van der Waals surface area contributed by atoms with Gasteiger partial charge >= 0.3 is 5.97 Å². The summed E-state index contributed by atoms with van der Waals surface area (Å²) in [5, 5.41) is 0. The van der Waals surface area contributed by atoms with Crippen LogP contribution in [0.2, 0.25) is 0 Å². The molecule has 0 aromatic carbocycles. The zero-order valence-electron chi connectivity index (χ0n) is 17.9. The highest BCUT2D eigenvalue weighted by atomic mass is 16.5. The lowest BCUT2D eigenvalue weighted by molar-refractivity contribution is -0.147. The molecule has 5 rings (SSSR count). The van der Waals surface area contributed by atoms with Crippen molar-refractivity contribution in [1.29, 1.82) is 0 Å². The summed E-state index contributed by atoms with van der Waals surface area (Å²) in [6.07, 6.45) is 8.17. The molecule has 3 atom stereocenters. The highest BCUT2D eigenvalue weighted by Gasteiger charge is 2.36. The van der Waals surface area contributed by atoms with Gasteiger partial charge in [0.1, 0.15) is 5.82 Å². The van der Waals surface area contributed by atoms with Crippen LogP contribution >= 0.6 is 0 Å². The van der Waals surface area contributed by atoms with Crippen LogP contribution in [0.5, 0.6) is 0 Å². The number of piperidine rings is 2. The Morgan fingerprint density at radius 1 is 1.19 bits per heavy atom. The average molecular weight is 424 g/mol. The second-order valence-electron chi connectivity index (χ2n) is 9.06. The second kappa shape index (κ2) is 8.42. The normalized spacial score (nSPS) is 25.7. The number of methoxy groups -OCH3 is 1. The molecule has 3 aliphatic heterocycles. The molecule has 31 heavy (non-hydrogen) atoms. The van der Waals surface area contributed by atoms with Crippen LogP contribution in [-0.4, -0.2) is 58.7 Å². The maximum absolute atomic E-state index is 13.4. The van der Waals surface area contributed by atoms with Gasteiger partial charge in [-0.15, -0.1) is 0 Å². The Kier molecular flexibility index (Phi) is 5.48. The number of hydrogen-bond acceptors (Lipinski definition) is 7. The molecule has 0 N–H and O–H groups in total. The molecule has 164 valence electrons.